The average Bonchev–Trinajstić information content (AvgIpc) is 2.77. The molecule has 33 heavy (non-hydrogen) atoms. The van der Waals surface area contributed by atoms with E-state index in [0.29, 0.717) is 24.7 Å². The van der Waals surface area contributed by atoms with Crippen LogP contribution in [0.1, 0.15) is 63.5 Å². The zero-order chi connectivity index (χ0) is 22.1. The molecule has 0 radical (unpaired) electrons. The van der Waals surface area contributed by atoms with Crippen molar-refractivity contribution in [3.05, 3.63) is 58.6 Å². The maximum absolute atomic E-state index is 6.36. The van der Waals surface area contributed by atoms with E-state index in [-0.39, 0.29) is 12.4 Å². The summed E-state index contributed by atoms with van der Waals surface area (Å²) in [5.41, 5.74) is 2.63. The summed E-state index contributed by atoms with van der Waals surface area (Å²) in [6.07, 6.45) is 8.72. The van der Waals surface area contributed by atoms with E-state index >= 15 is 0 Å². The van der Waals surface area contributed by atoms with Crippen LogP contribution in [0, 0.1) is 23.2 Å². The number of halogens is 2. The Morgan fingerprint density at radius 2 is 1.58 bits per heavy atom. The Labute approximate surface area is 210 Å². The first kappa shape index (κ1) is 24.7. The number of rotatable bonds is 9. The minimum absolute atomic E-state index is 0. The van der Waals surface area contributed by atoms with Crippen LogP contribution >= 0.6 is 24.0 Å². The third kappa shape index (κ3) is 5.16. The van der Waals surface area contributed by atoms with Crippen LogP contribution in [0.4, 0.5) is 0 Å². The molecule has 1 unspecified atom stereocenters. The van der Waals surface area contributed by atoms with E-state index in [1.807, 2.05) is 37.3 Å². The van der Waals surface area contributed by atoms with Crippen LogP contribution in [-0.2, 0) is 13.2 Å². The summed E-state index contributed by atoms with van der Waals surface area (Å²) in [7, 11) is 0. The molecule has 4 bridgehead atoms. The Bertz CT molecular complexity index is 912. The molecule has 180 valence electrons. The summed E-state index contributed by atoms with van der Waals surface area (Å²) in [6.45, 7) is 6.27. The lowest BCUT2D eigenvalue weighted by atomic mass is 9.48. The summed E-state index contributed by atoms with van der Waals surface area (Å²) >= 11 is 6.36. The van der Waals surface area contributed by atoms with Crippen LogP contribution in [0.3, 0.4) is 0 Å². The summed E-state index contributed by atoms with van der Waals surface area (Å²) < 4.78 is 12.2. The van der Waals surface area contributed by atoms with E-state index in [9.17, 15) is 0 Å². The Kier molecular flexibility index (Phi) is 7.83. The molecular formula is C28H37Cl2NO2. The van der Waals surface area contributed by atoms with Crippen molar-refractivity contribution >= 4 is 24.0 Å². The van der Waals surface area contributed by atoms with Crippen LogP contribution in [0.15, 0.2) is 42.5 Å². The number of benzene rings is 2. The van der Waals surface area contributed by atoms with Gasteiger partial charge in [-0.2, -0.15) is 0 Å². The fraction of sp³-hybridized carbons (Fsp3) is 0.571. The molecule has 6 rings (SSSR count). The number of hydrogen-bond donors (Lipinski definition) is 1. The van der Waals surface area contributed by atoms with Gasteiger partial charge in [0, 0.05) is 28.7 Å². The predicted molar refractivity (Wildman–Crippen MR) is 138 cm³/mol. The normalized spacial score (nSPS) is 28.3. The second kappa shape index (κ2) is 10.5. The van der Waals surface area contributed by atoms with Crippen molar-refractivity contribution in [3.8, 4) is 11.5 Å². The fourth-order valence-electron chi connectivity index (χ4n) is 7.09. The first-order valence-corrected chi connectivity index (χ1v) is 12.8. The van der Waals surface area contributed by atoms with Gasteiger partial charge in [0.25, 0.3) is 0 Å². The molecular weight excluding hydrogens is 453 g/mol. The molecule has 0 heterocycles. The van der Waals surface area contributed by atoms with Gasteiger partial charge in [0.2, 0.25) is 0 Å². The molecule has 0 aromatic heterocycles. The molecule has 5 heteroatoms. The Morgan fingerprint density at radius 3 is 2.21 bits per heavy atom. The Morgan fingerprint density at radius 1 is 0.939 bits per heavy atom. The van der Waals surface area contributed by atoms with Gasteiger partial charge < -0.3 is 14.8 Å². The topological polar surface area (TPSA) is 30.5 Å². The van der Waals surface area contributed by atoms with Crippen LogP contribution in [0.2, 0.25) is 5.02 Å². The zero-order valence-electron chi connectivity index (χ0n) is 19.8. The molecule has 3 nitrogen and oxygen atoms in total. The molecule has 1 N–H and O–H groups in total. The van der Waals surface area contributed by atoms with Crippen molar-refractivity contribution in [1.29, 1.82) is 0 Å². The third-order valence-electron chi connectivity index (χ3n) is 8.29. The van der Waals surface area contributed by atoms with Crippen molar-refractivity contribution in [2.45, 2.75) is 71.6 Å². The second-order valence-electron chi connectivity index (χ2n) is 10.4. The average molecular weight is 491 g/mol. The highest BCUT2D eigenvalue weighted by atomic mass is 35.5. The van der Waals surface area contributed by atoms with Gasteiger partial charge in [-0.05, 0) is 87.7 Å². The molecule has 0 spiro atoms. The smallest absolute Gasteiger partial charge is 0.166 e. The van der Waals surface area contributed by atoms with E-state index < -0.39 is 0 Å². The van der Waals surface area contributed by atoms with Crippen LogP contribution < -0.4 is 14.8 Å². The van der Waals surface area contributed by atoms with Gasteiger partial charge in [-0.25, -0.2) is 0 Å². The standard InChI is InChI=1S/C28H36ClNO2.ClH/c1-3-31-26-10-6-8-23(27(26)32-18-24-7-4-5-9-25(24)29)17-30-19(2)28-14-20-11-21(15-28)13-22(12-20)16-28;/h4-10,19-22,30H,3,11-18H2,1-2H3;1H. The molecule has 4 aliphatic carbocycles. The monoisotopic (exact) mass is 489 g/mol. The first-order chi connectivity index (χ1) is 15.6. The second-order valence-corrected chi connectivity index (χ2v) is 10.8. The summed E-state index contributed by atoms with van der Waals surface area (Å²) in [4.78, 5) is 0. The van der Waals surface area contributed by atoms with Gasteiger partial charge in [-0.1, -0.05) is 41.9 Å². The summed E-state index contributed by atoms with van der Waals surface area (Å²) in [5.74, 6) is 4.56. The molecule has 0 saturated heterocycles. The van der Waals surface area contributed by atoms with Gasteiger partial charge in [-0.15, -0.1) is 12.4 Å². The van der Waals surface area contributed by atoms with Crippen molar-refractivity contribution in [2.75, 3.05) is 6.61 Å². The summed E-state index contributed by atoms with van der Waals surface area (Å²) in [6, 6.07) is 14.6. The highest BCUT2D eigenvalue weighted by Crippen LogP contribution is 2.61. The maximum Gasteiger partial charge on any atom is 0.166 e. The van der Waals surface area contributed by atoms with Crippen LogP contribution in [0.25, 0.3) is 0 Å². The minimum Gasteiger partial charge on any atom is -0.490 e. The number of hydrogen-bond acceptors (Lipinski definition) is 3. The molecule has 4 aliphatic rings. The number of nitrogens with one attached hydrogen (secondary N) is 1. The molecule has 0 aliphatic heterocycles. The van der Waals surface area contributed by atoms with Crippen molar-refractivity contribution in [3.63, 3.8) is 0 Å². The SMILES string of the molecule is CCOc1cccc(CNC(C)C23CC4CC(CC(C4)C2)C3)c1OCc1ccccc1Cl.Cl. The largest absolute Gasteiger partial charge is 0.490 e. The third-order valence-corrected chi connectivity index (χ3v) is 8.66. The predicted octanol–water partition coefficient (Wildman–Crippen LogP) is 7.43. The van der Waals surface area contributed by atoms with Crippen LogP contribution in [-0.4, -0.2) is 12.6 Å². The van der Waals surface area contributed by atoms with E-state index in [2.05, 4.69) is 24.4 Å². The molecule has 0 amide bonds. The fourth-order valence-corrected chi connectivity index (χ4v) is 7.28. The lowest BCUT2D eigenvalue weighted by Crippen LogP contribution is -2.54. The van der Waals surface area contributed by atoms with E-state index in [4.69, 9.17) is 21.1 Å². The van der Waals surface area contributed by atoms with Gasteiger partial charge in [-0.3, -0.25) is 0 Å². The van der Waals surface area contributed by atoms with Gasteiger partial charge in [0.1, 0.15) is 6.61 Å². The van der Waals surface area contributed by atoms with Crippen molar-refractivity contribution < 1.29 is 9.47 Å². The Balaban J connectivity index is 0.00000259. The molecule has 4 fully saturated rings. The molecule has 1 atom stereocenters. The molecule has 2 aromatic rings. The maximum atomic E-state index is 6.36. The lowest BCUT2D eigenvalue weighted by Gasteiger charge is -2.59. The van der Waals surface area contributed by atoms with E-state index in [1.54, 1.807) is 0 Å². The van der Waals surface area contributed by atoms with E-state index in [0.717, 1.165) is 51.9 Å². The van der Waals surface area contributed by atoms with Crippen molar-refractivity contribution in [1.82, 2.24) is 5.32 Å². The highest BCUT2D eigenvalue weighted by Gasteiger charge is 2.52. The van der Waals surface area contributed by atoms with Crippen molar-refractivity contribution in [2.24, 2.45) is 23.2 Å². The summed E-state index contributed by atoms with van der Waals surface area (Å²) in [5, 5.41) is 4.65. The zero-order valence-corrected chi connectivity index (χ0v) is 21.4. The van der Waals surface area contributed by atoms with Gasteiger partial charge in [0.15, 0.2) is 11.5 Å². The highest BCUT2D eigenvalue weighted by molar-refractivity contribution is 6.31. The van der Waals surface area contributed by atoms with Crippen LogP contribution in [0.5, 0.6) is 11.5 Å². The van der Waals surface area contributed by atoms with Gasteiger partial charge in [0.05, 0.1) is 6.61 Å². The quantitative estimate of drug-likeness (QED) is 0.396. The Hall–Kier alpha value is -1.42. The molecule has 2 aromatic carbocycles. The van der Waals surface area contributed by atoms with E-state index in [1.165, 1.54) is 38.5 Å². The van der Waals surface area contributed by atoms with Gasteiger partial charge >= 0.3 is 0 Å². The number of para-hydroxylation sites is 1. The number of ether oxygens (including phenoxy) is 2. The molecule has 4 saturated carbocycles. The lowest BCUT2D eigenvalue weighted by molar-refractivity contribution is -0.0706. The minimum atomic E-state index is 0. The first-order valence-electron chi connectivity index (χ1n) is 12.4.